The molecule has 0 aliphatic heterocycles. The van der Waals surface area contributed by atoms with E-state index in [9.17, 15) is 0 Å². The molecule has 0 aliphatic rings. The van der Waals surface area contributed by atoms with Crippen LogP contribution in [0.3, 0.4) is 0 Å². The van der Waals surface area contributed by atoms with Crippen molar-refractivity contribution in [1.82, 2.24) is 39.9 Å². The predicted molar refractivity (Wildman–Crippen MR) is 217 cm³/mol. The number of hydrogen-bond acceptors (Lipinski definition) is 10. The first-order valence-electron chi connectivity index (χ1n) is 18.4. The van der Waals surface area contributed by atoms with Crippen LogP contribution in [0.2, 0.25) is 0 Å². The number of nitrogens with one attached hydrogen (secondary N) is 2. The van der Waals surface area contributed by atoms with Crippen LogP contribution < -0.4 is 9.47 Å². The standard InChI is InChI=1S/C44H34N8O4/c1-5-31-35(45-17-1)36-32(6-2-18-46-36)40-39(31)49-43(50-40)27-9-13-29(14-10-27)55-25-23-53-21-22-54-24-26-56-30-15-11-28(12-16-30)44-51-41-33-7-3-19-47-37(33)38-34(42(41)52-44)8-4-20-48-38/h1-20H,21-26H2,(H,49,50)(H,51,52). The average molecular weight is 739 g/mol. The fourth-order valence-electron chi connectivity index (χ4n) is 7.14. The first kappa shape index (κ1) is 33.5. The number of rotatable bonds is 13. The molecule has 0 fully saturated rings. The van der Waals surface area contributed by atoms with E-state index in [-0.39, 0.29) is 0 Å². The molecule has 0 bridgehead atoms. The van der Waals surface area contributed by atoms with Crippen molar-refractivity contribution in [2.24, 2.45) is 0 Å². The number of pyridine rings is 4. The molecule has 56 heavy (non-hydrogen) atoms. The molecule has 274 valence electrons. The molecule has 6 heterocycles. The number of H-pyrrole nitrogens is 2. The molecule has 6 aromatic heterocycles. The first-order chi connectivity index (χ1) is 27.8. The Kier molecular flexibility index (Phi) is 8.78. The summed E-state index contributed by atoms with van der Waals surface area (Å²) < 4.78 is 23.2. The highest BCUT2D eigenvalue weighted by atomic mass is 16.6. The van der Waals surface area contributed by atoms with E-state index < -0.39 is 0 Å². The van der Waals surface area contributed by atoms with Gasteiger partial charge >= 0.3 is 0 Å². The molecule has 0 saturated heterocycles. The number of aromatic amines is 2. The maximum Gasteiger partial charge on any atom is 0.138 e. The third kappa shape index (κ3) is 6.26. The Hall–Kier alpha value is -7.02. The van der Waals surface area contributed by atoms with Gasteiger partial charge in [-0.1, -0.05) is 0 Å². The second-order valence-electron chi connectivity index (χ2n) is 13.2. The van der Waals surface area contributed by atoms with E-state index >= 15 is 0 Å². The highest BCUT2D eigenvalue weighted by molar-refractivity contribution is 6.22. The fraction of sp³-hybridized carbons (Fsp3) is 0.136. The van der Waals surface area contributed by atoms with Gasteiger partial charge in [0.2, 0.25) is 0 Å². The molecule has 0 radical (unpaired) electrons. The van der Waals surface area contributed by atoms with Crippen LogP contribution in [-0.2, 0) is 9.47 Å². The molecule has 10 rings (SSSR count). The second kappa shape index (κ2) is 14.7. The van der Waals surface area contributed by atoms with Gasteiger partial charge in [-0.25, -0.2) is 9.97 Å². The van der Waals surface area contributed by atoms with Gasteiger partial charge in [0.1, 0.15) is 36.4 Å². The van der Waals surface area contributed by atoms with E-state index in [0.717, 1.165) is 100.0 Å². The molecular weight excluding hydrogens is 705 g/mol. The minimum absolute atomic E-state index is 0.427. The van der Waals surface area contributed by atoms with Crippen molar-refractivity contribution in [3.05, 3.63) is 122 Å². The number of benzene rings is 4. The molecule has 12 heteroatoms. The van der Waals surface area contributed by atoms with E-state index in [1.54, 1.807) is 24.8 Å². The molecule has 0 unspecified atom stereocenters. The summed E-state index contributed by atoms with van der Waals surface area (Å²) in [5.41, 5.74) is 8.97. The fourth-order valence-corrected chi connectivity index (χ4v) is 7.14. The lowest BCUT2D eigenvalue weighted by Gasteiger charge is -2.09. The van der Waals surface area contributed by atoms with E-state index in [1.165, 1.54) is 0 Å². The Balaban J connectivity index is 0.665. The predicted octanol–water partition coefficient (Wildman–Crippen LogP) is 8.46. The lowest BCUT2D eigenvalue weighted by Crippen LogP contribution is -2.13. The van der Waals surface area contributed by atoms with Crippen LogP contribution in [0.4, 0.5) is 0 Å². The zero-order chi connectivity index (χ0) is 37.3. The summed E-state index contributed by atoms with van der Waals surface area (Å²) in [7, 11) is 0. The summed E-state index contributed by atoms with van der Waals surface area (Å²) in [4.78, 5) is 35.3. The van der Waals surface area contributed by atoms with Gasteiger partial charge in [0.25, 0.3) is 0 Å². The third-order valence-electron chi connectivity index (χ3n) is 9.76. The van der Waals surface area contributed by atoms with Crippen molar-refractivity contribution in [2.45, 2.75) is 0 Å². The van der Waals surface area contributed by atoms with Gasteiger partial charge in [0, 0.05) is 57.5 Å². The molecule has 0 aliphatic carbocycles. The SMILES string of the molecule is c1cnc2c(c1)c1nc(-c3ccc(OCCOCCOCCOc4ccc(-c5nc6c7cccnc7c7ncccc7c6[nH]5)cc4)cc3)[nH]c1c1cccnc12. The summed E-state index contributed by atoms with van der Waals surface area (Å²) in [6.07, 6.45) is 7.16. The first-order valence-corrected chi connectivity index (χ1v) is 18.4. The van der Waals surface area contributed by atoms with Crippen molar-refractivity contribution in [3.63, 3.8) is 0 Å². The summed E-state index contributed by atoms with van der Waals surface area (Å²) in [5, 5.41) is 3.93. The maximum atomic E-state index is 5.91. The van der Waals surface area contributed by atoms with E-state index in [1.807, 2.05) is 97.1 Å². The molecular formula is C44H34N8O4. The number of imidazole rings is 2. The van der Waals surface area contributed by atoms with Gasteiger partial charge < -0.3 is 28.9 Å². The van der Waals surface area contributed by atoms with Crippen molar-refractivity contribution in [3.8, 4) is 34.3 Å². The average Bonchev–Trinajstić information content (AvgIpc) is 3.92. The minimum Gasteiger partial charge on any atom is -0.491 e. The van der Waals surface area contributed by atoms with E-state index in [0.29, 0.717) is 39.6 Å². The van der Waals surface area contributed by atoms with Crippen LogP contribution in [0.1, 0.15) is 0 Å². The van der Waals surface area contributed by atoms with E-state index in [2.05, 4.69) is 29.9 Å². The molecule has 0 saturated carbocycles. The number of nitrogens with zero attached hydrogens (tertiary/aromatic N) is 6. The van der Waals surface area contributed by atoms with Crippen LogP contribution in [-0.4, -0.2) is 79.5 Å². The monoisotopic (exact) mass is 738 g/mol. The zero-order valence-electron chi connectivity index (χ0n) is 30.1. The van der Waals surface area contributed by atoms with Gasteiger partial charge in [0.15, 0.2) is 0 Å². The summed E-state index contributed by atoms with van der Waals surface area (Å²) >= 11 is 0. The Morgan fingerprint density at radius 3 is 1.14 bits per heavy atom. The lowest BCUT2D eigenvalue weighted by atomic mass is 10.1. The topological polar surface area (TPSA) is 146 Å². The Morgan fingerprint density at radius 1 is 0.375 bits per heavy atom. The summed E-state index contributed by atoms with van der Waals surface area (Å²) in [5.74, 6) is 3.07. The molecule has 12 nitrogen and oxygen atoms in total. The number of hydrogen-bond donors (Lipinski definition) is 2. The van der Waals surface area contributed by atoms with Crippen LogP contribution in [0.15, 0.2) is 122 Å². The summed E-state index contributed by atoms with van der Waals surface area (Å²) in [6.45, 7) is 2.68. The Labute approximate surface area is 319 Å². The van der Waals surface area contributed by atoms with Crippen molar-refractivity contribution in [1.29, 1.82) is 0 Å². The highest BCUT2D eigenvalue weighted by Gasteiger charge is 2.17. The van der Waals surface area contributed by atoms with Crippen LogP contribution >= 0.6 is 0 Å². The molecule has 10 aromatic rings. The minimum atomic E-state index is 0.427. The van der Waals surface area contributed by atoms with Gasteiger partial charge in [-0.3, -0.25) is 19.9 Å². The third-order valence-corrected chi connectivity index (χ3v) is 9.76. The Morgan fingerprint density at radius 2 is 0.732 bits per heavy atom. The molecule has 0 atom stereocenters. The number of ether oxygens (including phenoxy) is 4. The molecule has 2 N–H and O–H groups in total. The number of fused-ring (bicyclic) bond motifs is 12. The smallest absolute Gasteiger partial charge is 0.138 e. The van der Waals surface area contributed by atoms with Crippen molar-refractivity contribution >= 4 is 65.7 Å². The van der Waals surface area contributed by atoms with E-state index in [4.69, 9.17) is 28.9 Å². The second-order valence-corrected chi connectivity index (χ2v) is 13.2. The highest BCUT2D eigenvalue weighted by Crippen LogP contribution is 2.35. The normalized spacial score (nSPS) is 11.8. The quantitative estimate of drug-likeness (QED) is 0.0873. The molecule has 4 aromatic carbocycles. The van der Waals surface area contributed by atoms with Crippen molar-refractivity contribution in [2.75, 3.05) is 39.6 Å². The Bertz CT molecular complexity index is 2650. The number of aromatic nitrogens is 8. The molecule has 0 spiro atoms. The van der Waals surface area contributed by atoms with Gasteiger partial charge in [-0.2, -0.15) is 0 Å². The largest absolute Gasteiger partial charge is 0.491 e. The van der Waals surface area contributed by atoms with Crippen LogP contribution in [0.5, 0.6) is 11.5 Å². The van der Waals surface area contributed by atoms with Gasteiger partial charge in [0.05, 0.1) is 70.6 Å². The lowest BCUT2D eigenvalue weighted by molar-refractivity contribution is 0.0273. The van der Waals surface area contributed by atoms with Gasteiger partial charge in [-0.05, 0) is 97.1 Å². The maximum absolute atomic E-state index is 5.91. The molecule has 0 amide bonds. The van der Waals surface area contributed by atoms with Gasteiger partial charge in [-0.15, -0.1) is 0 Å². The van der Waals surface area contributed by atoms with Crippen LogP contribution in [0, 0.1) is 0 Å². The van der Waals surface area contributed by atoms with Crippen molar-refractivity contribution < 1.29 is 18.9 Å². The van der Waals surface area contributed by atoms with Crippen LogP contribution in [0.25, 0.3) is 88.5 Å². The summed E-state index contributed by atoms with van der Waals surface area (Å²) in [6, 6.07) is 31.6. The zero-order valence-corrected chi connectivity index (χ0v) is 30.1.